The first-order valence-corrected chi connectivity index (χ1v) is 28.3. The van der Waals surface area contributed by atoms with Crippen molar-refractivity contribution in [2.75, 3.05) is 83.3 Å². The van der Waals surface area contributed by atoms with Crippen LogP contribution in [0.4, 0.5) is 17.5 Å². The van der Waals surface area contributed by atoms with Gasteiger partial charge in [0.25, 0.3) is 5.91 Å². The van der Waals surface area contributed by atoms with Crippen LogP contribution in [0, 0.1) is 23.7 Å². The number of ether oxygens (including phenoxy) is 5. The molecule has 5 heterocycles. The Bertz CT molecular complexity index is 2950. The first-order valence-electron chi connectivity index (χ1n) is 27.4. The van der Waals surface area contributed by atoms with E-state index in [0.717, 1.165) is 71.0 Å². The van der Waals surface area contributed by atoms with E-state index in [1.54, 1.807) is 42.1 Å². The van der Waals surface area contributed by atoms with Crippen molar-refractivity contribution in [1.82, 2.24) is 45.4 Å². The van der Waals surface area contributed by atoms with Crippen molar-refractivity contribution < 1.29 is 48.0 Å². The normalized spacial score (nSPS) is 17.4. The van der Waals surface area contributed by atoms with Crippen molar-refractivity contribution in [3.63, 3.8) is 0 Å². The molecule has 23 heteroatoms. The van der Waals surface area contributed by atoms with E-state index < -0.39 is 29.5 Å². The van der Waals surface area contributed by atoms with E-state index >= 15 is 0 Å². The van der Waals surface area contributed by atoms with Gasteiger partial charge in [-0.05, 0) is 60.9 Å². The number of hydrogen-bond donors (Lipinski definition) is 5. The van der Waals surface area contributed by atoms with E-state index in [1.165, 1.54) is 12.0 Å². The molecule has 2 aromatic carbocycles. The van der Waals surface area contributed by atoms with E-state index in [-0.39, 0.29) is 88.7 Å². The third-order valence-corrected chi connectivity index (χ3v) is 15.4. The zero-order valence-electron chi connectivity index (χ0n) is 46.5. The molecule has 2 aliphatic heterocycles. The summed E-state index contributed by atoms with van der Waals surface area (Å²) in [7, 11) is 1.54. The standard InChI is InChI=1S/C57H74N12O10S/c1-7-44-49-43(30-58)62-34-68(49)46-32-61-56(66-52(46)69(44)40-10-8-9-11-40)64-42-17-16-39(28-47(42)75-6)53(72)59-19-21-77-23-25-79-27-26-78-24-22-76-20-18-48(71)65-51(57(3,4)5)55(74)67-33-41(70)29-45(67)54(73)60-31-37-12-14-38(15-13-37)50-36(2)63-35-80-50/h12-17,28,32,34-35,40-41,44-45,51,70H,7-11,18-27,29,31,33H2,1-6H3,(H,59,72)(H,60,73)(H,65,71)(H,61,64,66)/t41-,44-,45+,51?/m1/s1. The molecule has 80 heavy (non-hydrogen) atoms. The molecule has 3 aliphatic rings. The van der Waals surface area contributed by atoms with Crippen LogP contribution >= 0.6 is 11.3 Å². The maximum absolute atomic E-state index is 14.0. The number of carbonyl (C=O) groups is 4. The molecular weight excluding hydrogens is 1040 g/mol. The molecule has 0 radical (unpaired) electrons. The van der Waals surface area contributed by atoms with Crippen LogP contribution in [0.1, 0.15) is 112 Å². The Morgan fingerprint density at radius 3 is 2.26 bits per heavy atom. The smallest absolute Gasteiger partial charge is 0.251 e. The number of aliphatic hydroxyl groups excluding tert-OH is 1. The number of rotatable bonds is 27. The minimum Gasteiger partial charge on any atom is -0.495 e. The van der Waals surface area contributed by atoms with Crippen LogP contribution < -0.4 is 30.9 Å². The summed E-state index contributed by atoms with van der Waals surface area (Å²) in [6.07, 6.45) is 7.82. The number of nitriles is 1. The summed E-state index contributed by atoms with van der Waals surface area (Å²) in [6.45, 7) is 12.4. The summed E-state index contributed by atoms with van der Waals surface area (Å²) in [5.74, 6) is 0.132. The summed E-state index contributed by atoms with van der Waals surface area (Å²) in [5, 5.41) is 32.4. The van der Waals surface area contributed by atoms with E-state index in [1.807, 2.05) is 62.0 Å². The second-order valence-electron chi connectivity index (χ2n) is 21.1. The van der Waals surface area contributed by atoms with Crippen molar-refractivity contribution in [1.29, 1.82) is 5.26 Å². The number of aromatic nitrogens is 5. The highest BCUT2D eigenvalue weighted by atomic mass is 32.1. The van der Waals surface area contributed by atoms with Gasteiger partial charge < -0.3 is 59.9 Å². The molecule has 0 spiro atoms. The Kier molecular flexibility index (Phi) is 20.6. The molecule has 1 aliphatic carbocycles. The van der Waals surface area contributed by atoms with Crippen LogP contribution in [-0.4, -0.2) is 155 Å². The van der Waals surface area contributed by atoms with Gasteiger partial charge in [-0.15, -0.1) is 11.3 Å². The van der Waals surface area contributed by atoms with Crippen molar-refractivity contribution in [2.45, 2.75) is 116 Å². The average molecular weight is 1120 g/mol. The Labute approximate surface area is 470 Å². The van der Waals surface area contributed by atoms with Gasteiger partial charge in [0, 0.05) is 44.1 Å². The van der Waals surface area contributed by atoms with Gasteiger partial charge in [0.15, 0.2) is 11.5 Å². The molecule has 1 saturated heterocycles. The third-order valence-electron chi connectivity index (χ3n) is 14.5. The summed E-state index contributed by atoms with van der Waals surface area (Å²) in [6, 6.07) is 13.6. The molecule has 4 amide bonds. The maximum Gasteiger partial charge on any atom is 0.251 e. The number of hydrogen-bond acceptors (Lipinski definition) is 18. The Balaban J connectivity index is 0.674. The van der Waals surface area contributed by atoms with Gasteiger partial charge in [-0.25, -0.2) is 15.0 Å². The number of likely N-dealkylation sites (tertiary alicyclic amines) is 1. The topological polar surface area (TPSA) is 270 Å². The number of carbonyl (C=O) groups excluding carboxylic acids is 4. The van der Waals surface area contributed by atoms with E-state index in [2.05, 4.69) is 54.1 Å². The number of imidazole rings is 1. The molecule has 4 atom stereocenters. The monoisotopic (exact) mass is 1120 g/mol. The largest absolute Gasteiger partial charge is 0.495 e. The molecule has 3 aromatic heterocycles. The quantitative estimate of drug-likeness (QED) is 0.0382. The number of amides is 4. The highest BCUT2D eigenvalue weighted by Crippen LogP contribution is 2.45. The van der Waals surface area contributed by atoms with Gasteiger partial charge in [0.1, 0.15) is 35.9 Å². The Morgan fingerprint density at radius 1 is 0.912 bits per heavy atom. The van der Waals surface area contributed by atoms with Crippen molar-refractivity contribution in [3.8, 4) is 27.9 Å². The highest BCUT2D eigenvalue weighted by Gasteiger charge is 2.45. The molecular formula is C57H74N12O10S. The van der Waals surface area contributed by atoms with Gasteiger partial charge in [-0.3, -0.25) is 23.7 Å². The Morgan fingerprint density at radius 2 is 1.61 bits per heavy atom. The molecule has 2 fully saturated rings. The summed E-state index contributed by atoms with van der Waals surface area (Å²) >= 11 is 1.57. The molecule has 1 unspecified atom stereocenters. The van der Waals surface area contributed by atoms with E-state index in [4.69, 9.17) is 28.7 Å². The number of nitrogens with zero attached hydrogens (tertiary/aromatic N) is 8. The second kappa shape index (κ2) is 27.9. The predicted molar refractivity (Wildman–Crippen MR) is 300 cm³/mol. The van der Waals surface area contributed by atoms with Crippen molar-refractivity contribution >= 4 is 52.4 Å². The summed E-state index contributed by atoms with van der Waals surface area (Å²) in [5.41, 5.74) is 7.08. The number of nitrogens with one attached hydrogen (secondary N) is 4. The first-order chi connectivity index (χ1) is 38.7. The summed E-state index contributed by atoms with van der Waals surface area (Å²) in [4.78, 5) is 76.8. The van der Waals surface area contributed by atoms with Gasteiger partial charge in [0.2, 0.25) is 23.7 Å². The first kappa shape index (κ1) is 59.1. The lowest BCUT2D eigenvalue weighted by Crippen LogP contribution is -2.57. The zero-order valence-corrected chi connectivity index (χ0v) is 47.3. The highest BCUT2D eigenvalue weighted by molar-refractivity contribution is 7.13. The number of fused-ring (bicyclic) bond motifs is 3. The van der Waals surface area contributed by atoms with Gasteiger partial charge in [-0.2, -0.15) is 10.2 Å². The number of anilines is 3. The SMILES string of the molecule is CC[C@@H]1c2c(C#N)ncn2-c2cnc(Nc3ccc(C(=O)NCCOCCOCCOCCOCCC(=O)NC(C(=O)N4C[C@H](O)C[C@H]4C(=O)NCc4ccc(-c5scnc5C)cc4)C(C)(C)C)cc3OC)nc2N1C1CCCC1. The molecule has 0 bridgehead atoms. The lowest BCUT2D eigenvalue weighted by molar-refractivity contribution is -0.144. The summed E-state index contributed by atoms with van der Waals surface area (Å²) < 4.78 is 30.1. The zero-order chi connectivity index (χ0) is 56.8. The average Bonchev–Trinajstić information content (AvgIpc) is 4.46. The van der Waals surface area contributed by atoms with E-state index in [9.17, 15) is 29.5 Å². The van der Waals surface area contributed by atoms with Crippen LogP contribution in [0.3, 0.4) is 0 Å². The fraction of sp³-hybridized carbons (Fsp3) is 0.526. The molecule has 8 rings (SSSR count). The van der Waals surface area contributed by atoms with Crippen LogP contribution in [0.2, 0.25) is 0 Å². The van der Waals surface area contributed by atoms with Crippen LogP contribution in [-0.2, 0) is 39.9 Å². The minimum atomic E-state index is -0.944. The fourth-order valence-electron chi connectivity index (χ4n) is 10.4. The lowest BCUT2D eigenvalue weighted by atomic mass is 9.85. The molecule has 22 nitrogen and oxygen atoms in total. The van der Waals surface area contributed by atoms with Gasteiger partial charge >= 0.3 is 0 Å². The molecule has 5 aromatic rings. The molecule has 428 valence electrons. The second-order valence-corrected chi connectivity index (χ2v) is 21.9. The molecule has 5 N–H and O–H groups in total. The Hall–Kier alpha value is -7.07. The molecule has 1 saturated carbocycles. The maximum atomic E-state index is 14.0. The number of benzene rings is 2. The number of aliphatic hydroxyl groups is 1. The number of methoxy groups -OCH3 is 1. The number of aryl methyl sites for hydroxylation is 1. The van der Waals surface area contributed by atoms with Crippen molar-refractivity contribution in [3.05, 3.63) is 88.7 Å². The lowest BCUT2D eigenvalue weighted by Gasteiger charge is -2.41. The van der Waals surface area contributed by atoms with E-state index in [0.29, 0.717) is 55.1 Å². The number of thiazole rings is 1. The van der Waals surface area contributed by atoms with Crippen LogP contribution in [0.5, 0.6) is 5.75 Å². The van der Waals surface area contributed by atoms with Gasteiger partial charge in [-0.1, -0.05) is 64.8 Å². The van der Waals surface area contributed by atoms with Crippen LogP contribution in [0.15, 0.2) is 60.5 Å². The minimum absolute atomic E-state index is 0.00953. The van der Waals surface area contributed by atoms with Crippen molar-refractivity contribution in [2.24, 2.45) is 5.41 Å². The number of β-amino-alcohol motifs (C(OH)–C–C–N with tert-alkyl or cyclic N) is 1. The van der Waals surface area contributed by atoms with Crippen LogP contribution in [0.25, 0.3) is 16.1 Å². The fourth-order valence-corrected chi connectivity index (χ4v) is 11.2. The van der Waals surface area contributed by atoms with Gasteiger partial charge in [0.05, 0.1) is 106 Å². The predicted octanol–water partition coefficient (Wildman–Crippen LogP) is 5.93. The third kappa shape index (κ3) is 14.6.